The van der Waals surface area contributed by atoms with Crippen LogP contribution in [-0.2, 0) is 0 Å². The number of anilines is 1. The molecule has 0 spiro atoms. The fraction of sp³-hybridized carbons (Fsp3) is 0.667. The molecule has 2 saturated carbocycles. The number of rotatable bonds is 5. The lowest BCUT2D eigenvalue weighted by Gasteiger charge is -2.21. The summed E-state index contributed by atoms with van der Waals surface area (Å²) in [5, 5.41) is 6.08. The van der Waals surface area contributed by atoms with E-state index < -0.39 is 0 Å². The standard InChI is InChI=1S/C15H22N4O/c1-2-16-14-9-17-13(8-18-14)15(20)19-7-12-6-10-3-4-11(12)5-10/h8-12H,2-7H2,1H3,(H,16,18)(H,19,20). The molecule has 0 radical (unpaired) electrons. The predicted molar refractivity (Wildman–Crippen MR) is 77.5 cm³/mol. The maximum Gasteiger partial charge on any atom is 0.271 e. The predicted octanol–water partition coefficient (Wildman–Crippen LogP) is 2.07. The smallest absolute Gasteiger partial charge is 0.271 e. The molecule has 108 valence electrons. The van der Waals surface area contributed by atoms with Crippen LogP contribution in [0.3, 0.4) is 0 Å². The number of carbonyl (C=O) groups excluding carboxylic acids is 1. The summed E-state index contributed by atoms with van der Waals surface area (Å²) in [5.41, 5.74) is 0.398. The highest BCUT2D eigenvalue weighted by Gasteiger charge is 2.39. The highest BCUT2D eigenvalue weighted by Crippen LogP contribution is 2.47. The van der Waals surface area contributed by atoms with Crippen LogP contribution in [0.5, 0.6) is 0 Å². The minimum atomic E-state index is -0.108. The Labute approximate surface area is 119 Å². The van der Waals surface area contributed by atoms with Crippen molar-refractivity contribution in [3.8, 4) is 0 Å². The van der Waals surface area contributed by atoms with Gasteiger partial charge < -0.3 is 10.6 Å². The summed E-state index contributed by atoms with van der Waals surface area (Å²) in [6.07, 6.45) is 8.55. The van der Waals surface area contributed by atoms with Crippen LogP contribution in [0.4, 0.5) is 5.82 Å². The van der Waals surface area contributed by atoms with Gasteiger partial charge in [-0.25, -0.2) is 9.97 Å². The van der Waals surface area contributed by atoms with Crippen molar-refractivity contribution in [2.24, 2.45) is 17.8 Å². The molecule has 0 aromatic carbocycles. The van der Waals surface area contributed by atoms with Crippen LogP contribution in [-0.4, -0.2) is 29.0 Å². The van der Waals surface area contributed by atoms with E-state index in [2.05, 4.69) is 20.6 Å². The molecule has 2 aliphatic rings. The molecule has 1 aromatic rings. The zero-order valence-corrected chi connectivity index (χ0v) is 11.9. The molecular weight excluding hydrogens is 252 g/mol. The number of hydrogen-bond acceptors (Lipinski definition) is 4. The Kier molecular flexibility index (Phi) is 3.85. The van der Waals surface area contributed by atoms with Gasteiger partial charge in [-0.3, -0.25) is 4.79 Å². The largest absolute Gasteiger partial charge is 0.369 e. The molecule has 1 aromatic heterocycles. The maximum absolute atomic E-state index is 12.0. The third-order valence-corrected chi connectivity index (χ3v) is 4.65. The van der Waals surface area contributed by atoms with Crippen LogP contribution >= 0.6 is 0 Å². The Hall–Kier alpha value is -1.65. The lowest BCUT2D eigenvalue weighted by molar-refractivity contribution is 0.0936. The van der Waals surface area contributed by atoms with Crippen molar-refractivity contribution >= 4 is 11.7 Å². The summed E-state index contributed by atoms with van der Waals surface area (Å²) in [6.45, 7) is 3.58. The molecule has 0 saturated heterocycles. The molecule has 2 N–H and O–H groups in total. The van der Waals surface area contributed by atoms with E-state index in [-0.39, 0.29) is 5.91 Å². The molecule has 3 rings (SSSR count). The van der Waals surface area contributed by atoms with Gasteiger partial charge in [-0.15, -0.1) is 0 Å². The first kappa shape index (κ1) is 13.3. The zero-order chi connectivity index (χ0) is 13.9. The van der Waals surface area contributed by atoms with Crippen LogP contribution in [0.2, 0.25) is 0 Å². The van der Waals surface area contributed by atoms with E-state index in [4.69, 9.17) is 0 Å². The minimum absolute atomic E-state index is 0.108. The Morgan fingerprint density at radius 2 is 2.20 bits per heavy atom. The van der Waals surface area contributed by atoms with Gasteiger partial charge >= 0.3 is 0 Å². The lowest BCUT2D eigenvalue weighted by atomic mass is 9.89. The third-order valence-electron chi connectivity index (χ3n) is 4.65. The second-order valence-corrected chi connectivity index (χ2v) is 5.96. The van der Waals surface area contributed by atoms with E-state index in [1.54, 1.807) is 6.20 Å². The number of nitrogens with zero attached hydrogens (tertiary/aromatic N) is 2. The first-order chi connectivity index (χ1) is 9.76. The van der Waals surface area contributed by atoms with Crippen LogP contribution in [0.1, 0.15) is 43.1 Å². The van der Waals surface area contributed by atoms with Gasteiger partial charge in [0.2, 0.25) is 0 Å². The number of fused-ring (bicyclic) bond motifs is 2. The summed E-state index contributed by atoms with van der Waals surface area (Å²) >= 11 is 0. The van der Waals surface area contributed by atoms with Gasteiger partial charge in [0.1, 0.15) is 11.5 Å². The average Bonchev–Trinajstić information content (AvgIpc) is 3.08. The van der Waals surface area contributed by atoms with E-state index in [0.717, 1.165) is 24.9 Å². The molecule has 2 bridgehead atoms. The van der Waals surface area contributed by atoms with Crippen LogP contribution < -0.4 is 10.6 Å². The molecule has 3 atom stereocenters. The number of nitrogens with one attached hydrogen (secondary N) is 2. The first-order valence-electron chi connectivity index (χ1n) is 7.60. The van der Waals surface area contributed by atoms with Gasteiger partial charge in [0, 0.05) is 13.1 Å². The number of amides is 1. The van der Waals surface area contributed by atoms with Crippen molar-refractivity contribution in [2.75, 3.05) is 18.4 Å². The molecule has 2 fully saturated rings. The molecule has 1 heterocycles. The Bertz CT molecular complexity index is 473. The van der Waals surface area contributed by atoms with Gasteiger partial charge in [0.05, 0.1) is 12.4 Å². The fourth-order valence-electron chi connectivity index (χ4n) is 3.66. The normalized spacial score (nSPS) is 27.6. The van der Waals surface area contributed by atoms with E-state index in [1.807, 2.05) is 6.92 Å². The second kappa shape index (κ2) is 5.77. The van der Waals surface area contributed by atoms with Crippen molar-refractivity contribution in [3.63, 3.8) is 0 Å². The monoisotopic (exact) mass is 274 g/mol. The van der Waals surface area contributed by atoms with Crippen molar-refractivity contribution in [2.45, 2.75) is 32.6 Å². The summed E-state index contributed by atoms with van der Waals surface area (Å²) in [7, 11) is 0. The highest BCUT2D eigenvalue weighted by atomic mass is 16.1. The summed E-state index contributed by atoms with van der Waals surface area (Å²) < 4.78 is 0. The molecule has 5 heteroatoms. The zero-order valence-electron chi connectivity index (χ0n) is 11.9. The molecule has 1 amide bonds. The number of aromatic nitrogens is 2. The molecular formula is C15H22N4O. The van der Waals surface area contributed by atoms with Crippen LogP contribution in [0, 0.1) is 17.8 Å². The fourth-order valence-corrected chi connectivity index (χ4v) is 3.66. The summed E-state index contributed by atoms with van der Waals surface area (Å²) in [4.78, 5) is 20.4. The Morgan fingerprint density at radius 1 is 1.30 bits per heavy atom. The van der Waals surface area contributed by atoms with Crippen molar-refractivity contribution in [1.82, 2.24) is 15.3 Å². The average molecular weight is 274 g/mol. The molecule has 0 aliphatic heterocycles. The van der Waals surface area contributed by atoms with E-state index in [0.29, 0.717) is 17.4 Å². The van der Waals surface area contributed by atoms with Crippen molar-refractivity contribution < 1.29 is 4.79 Å². The topological polar surface area (TPSA) is 66.9 Å². The molecule has 2 aliphatic carbocycles. The van der Waals surface area contributed by atoms with Gasteiger partial charge in [0.15, 0.2) is 0 Å². The number of carbonyl (C=O) groups is 1. The summed E-state index contributed by atoms with van der Waals surface area (Å²) in [5.74, 6) is 3.02. The first-order valence-corrected chi connectivity index (χ1v) is 7.60. The van der Waals surface area contributed by atoms with Crippen LogP contribution in [0.25, 0.3) is 0 Å². The van der Waals surface area contributed by atoms with Gasteiger partial charge in [-0.05, 0) is 43.9 Å². The van der Waals surface area contributed by atoms with Crippen molar-refractivity contribution in [1.29, 1.82) is 0 Å². The lowest BCUT2D eigenvalue weighted by Crippen LogP contribution is -2.32. The van der Waals surface area contributed by atoms with Gasteiger partial charge in [0.25, 0.3) is 5.91 Å². The van der Waals surface area contributed by atoms with Crippen molar-refractivity contribution in [3.05, 3.63) is 18.1 Å². The molecule has 3 unspecified atom stereocenters. The second-order valence-electron chi connectivity index (χ2n) is 5.96. The van der Waals surface area contributed by atoms with Gasteiger partial charge in [-0.2, -0.15) is 0 Å². The molecule has 5 nitrogen and oxygen atoms in total. The minimum Gasteiger partial charge on any atom is -0.369 e. The van der Waals surface area contributed by atoms with E-state index in [1.165, 1.54) is 31.9 Å². The number of hydrogen-bond donors (Lipinski definition) is 2. The SMILES string of the molecule is CCNc1cnc(C(=O)NCC2CC3CCC2C3)cn1. The quantitative estimate of drug-likeness (QED) is 0.862. The van der Waals surface area contributed by atoms with Crippen LogP contribution in [0.15, 0.2) is 12.4 Å². The third kappa shape index (κ3) is 2.76. The Morgan fingerprint density at radius 3 is 2.80 bits per heavy atom. The van der Waals surface area contributed by atoms with E-state index >= 15 is 0 Å². The maximum atomic E-state index is 12.0. The van der Waals surface area contributed by atoms with Gasteiger partial charge in [-0.1, -0.05) is 6.42 Å². The Balaban J connectivity index is 1.51. The summed E-state index contributed by atoms with van der Waals surface area (Å²) in [6, 6.07) is 0. The molecule has 20 heavy (non-hydrogen) atoms. The highest BCUT2D eigenvalue weighted by molar-refractivity contribution is 5.91. The van der Waals surface area contributed by atoms with E-state index in [9.17, 15) is 4.79 Å².